The van der Waals surface area contributed by atoms with Crippen LogP contribution in [0.2, 0.25) is 0 Å². The molecule has 1 aliphatic carbocycles. The van der Waals surface area contributed by atoms with Crippen molar-refractivity contribution in [2.24, 2.45) is 11.7 Å². The Morgan fingerprint density at radius 1 is 1.35 bits per heavy atom. The minimum Gasteiger partial charge on any atom is -0.496 e. The number of rotatable bonds is 3. The molecule has 2 heteroatoms. The summed E-state index contributed by atoms with van der Waals surface area (Å²) < 4.78 is 5.66. The minimum atomic E-state index is 0.161. The van der Waals surface area contributed by atoms with Crippen LogP contribution >= 0.6 is 0 Å². The van der Waals surface area contributed by atoms with Crippen LogP contribution in [0.25, 0.3) is 0 Å². The van der Waals surface area contributed by atoms with Crippen molar-refractivity contribution in [1.82, 2.24) is 0 Å². The molecule has 0 aromatic heterocycles. The van der Waals surface area contributed by atoms with Crippen molar-refractivity contribution in [1.29, 1.82) is 0 Å². The Balaban J connectivity index is 2.65. The molecule has 0 radical (unpaired) electrons. The third-order valence-corrected chi connectivity index (χ3v) is 4.51. The van der Waals surface area contributed by atoms with Gasteiger partial charge < -0.3 is 10.5 Å². The molecule has 0 amide bonds. The number of benzene rings is 1. The lowest BCUT2D eigenvalue weighted by molar-refractivity contribution is 0.398. The fourth-order valence-corrected chi connectivity index (χ4v) is 3.15. The summed E-state index contributed by atoms with van der Waals surface area (Å²) in [6.45, 7) is 9.44. The molecule has 1 aromatic rings. The highest BCUT2D eigenvalue weighted by atomic mass is 16.5. The minimum absolute atomic E-state index is 0.161. The normalized spacial score (nSPS) is 27.1. The fourth-order valence-electron chi connectivity index (χ4n) is 3.15. The zero-order valence-corrected chi connectivity index (χ0v) is 11.6. The molecule has 94 valence electrons. The maximum Gasteiger partial charge on any atom is 0.126 e. The molecule has 0 aliphatic heterocycles. The van der Waals surface area contributed by atoms with Gasteiger partial charge in [0, 0.05) is 17.5 Å². The molecule has 0 bridgehead atoms. The second-order valence-electron chi connectivity index (χ2n) is 5.51. The van der Waals surface area contributed by atoms with Crippen LogP contribution in [0, 0.1) is 26.7 Å². The molecule has 2 atom stereocenters. The monoisotopic (exact) mass is 233 g/mol. The lowest BCUT2D eigenvalue weighted by atomic mass is 9.86. The van der Waals surface area contributed by atoms with E-state index in [2.05, 4.69) is 33.8 Å². The number of methoxy groups -OCH3 is 1. The molecule has 17 heavy (non-hydrogen) atoms. The number of hydrogen-bond donors (Lipinski definition) is 1. The lowest BCUT2D eigenvalue weighted by Crippen LogP contribution is -2.24. The summed E-state index contributed by atoms with van der Waals surface area (Å²) in [7, 11) is 1.77. The Hall–Kier alpha value is -1.02. The predicted molar refractivity (Wildman–Crippen MR) is 71.7 cm³/mol. The van der Waals surface area contributed by atoms with Gasteiger partial charge in [0.25, 0.3) is 0 Å². The molecule has 1 fully saturated rings. The van der Waals surface area contributed by atoms with E-state index in [1.54, 1.807) is 7.11 Å². The quantitative estimate of drug-likeness (QED) is 0.871. The lowest BCUT2D eigenvalue weighted by Gasteiger charge is -2.23. The fraction of sp³-hybridized carbons (Fsp3) is 0.600. The van der Waals surface area contributed by atoms with Crippen molar-refractivity contribution in [3.8, 4) is 5.75 Å². The first-order valence-electron chi connectivity index (χ1n) is 6.33. The van der Waals surface area contributed by atoms with Gasteiger partial charge in [0.15, 0.2) is 0 Å². The summed E-state index contributed by atoms with van der Waals surface area (Å²) in [6, 6.07) is 2.26. The Kier molecular flexibility index (Phi) is 2.94. The van der Waals surface area contributed by atoms with E-state index in [1.807, 2.05) is 0 Å². The van der Waals surface area contributed by atoms with Gasteiger partial charge in [-0.3, -0.25) is 0 Å². The average molecular weight is 233 g/mol. The van der Waals surface area contributed by atoms with Gasteiger partial charge in [-0.05, 0) is 49.8 Å². The summed E-state index contributed by atoms with van der Waals surface area (Å²) in [6.07, 6.45) is 1.18. The highest BCUT2D eigenvalue weighted by Gasteiger charge is 2.53. The second kappa shape index (κ2) is 4.02. The zero-order chi connectivity index (χ0) is 12.8. The molecule has 2 N–H and O–H groups in total. The third-order valence-electron chi connectivity index (χ3n) is 4.51. The van der Waals surface area contributed by atoms with Crippen LogP contribution in [0.3, 0.4) is 0 Å². The van der Waals surface area contributed by atoms with Crippen LogP contribution in [0.1, 0.15) is 35.6 Å². The van der Waals surface area contributed by atoms with E-state index in [4.69, 9.17) is 10.5 Å². The van der Waals surface area contributed by atoms with Gasteiger partial charge in [-0.25, -0.2) is 0 Å². The van der Waals surface area contributed by atoms with E-state index in [0.29, 0.717) is 12.5 Å². The third kappa shape index (κ3) is 1.66. The molecule has 2 nitrogen and oxygen atoms in total. The van der Waals surface area contributed by atoms with Crippen molar-refractivity contribution < 1.29 is 4.74 Å². The Morgan fingerprint density at radius 2 is 1.94 bits per heavy atom. The smallest absolute Gasteiger partial charge is 0.126 e. The summed E-state index contributed by atoms with van der Waals surface area (Å²) in [4.78, 5) is 0. The first-order chi connectivity index (χ1) is 7.97. The highest BCUT2D eigenvalue weighted by molar-refractivity contribution is 5.56. The molecule has 0 saturated heterocycles. The Bertz CT molecular complexity index is 449. The van der Waals surface area contributed by atoms with Gasteiger partial charge >= 0.3 is 0 Å². The molecule has 1 aliphatic rings. The van der Waals surface area contributed by atoms with Gasteiger partial charge in [0.1, 0.15) is 5.75 Å². The van der Waals surface area contributed by atoms with Crippen LogP contribution in [0.15, 0.2) is 6.07 Å². The summed E-state index contributed by atoms with van der Waals surface area (Å²) in [5.74, 6) is 1.72. The summed E-state index contributed by atoms with van der Waals surface area (Å²) in [5, 5.41) is 0. The van der Waals surface area contributed by atoms with E-state index in [1.165, 1.54) is 28.7 Å². The molecule has 0 heterocycles. The Labute approximate surface area is 104 Å². The van der Waals surface area contributed by atoms with Crippen molar-refractivity contribution >= 4 is 0 Å². The maximum absolute atomic E-state index is 6.02. The van der Waals surface area contributed by atoms with E-state index >= 15 is 0 Å². The Morgan fingerprint density at radius 3 is 2.35 bits per heavy atom. The van der Waals surface area contributed by atoms with Gasteiger partial charge in [-0.2, -0.15) is 0 Å². The van der Waals surface area contributed by atoms with E-state index < -0.39 is 0 Å². The van der Waals surface area contributed by atoms with Crippen LogP contribution in [-0.2, 0) is 5.41 Å². The van der Waals surface area contributed by atoms with E-state index in [0.717, 1.165) is 5.75 Å². The van der Waals surface area contributed by atoms with Gasteiger partial charge in [0.2, 0.25) is 0 Å². The number of hydrogen-bond acceptors (Lipinski definition) is 2. The summed E-state index contributed by atoms with van der Waals surface area (Å²) in [5.41, 5.74) is 11.4. The topological polar surface area (TPSA) is 35.2 Å². The zero-order valence-electron chi connectivity index (χ0n) is 11.6. The van der Waals surface area contributed by atoms with Crippen LogP contribution in [0.5, 0.6) is 5.75 Å². The molecule has 1 saturated carbocycles. The molecular formula is C15H23NO. The molecule has 0 spiro atoms. The average Bonchev–Trinajstić information content (AvgIpc) is 2.95. The first-order valence-corrected chi connectivity index (χ1v) is 6.33. The molecular weight excluding hydrogens is 210 g/mol. The van der Waals surface area contributed by atoms with Gasteiger partial charge in [-0.15, -0.1) is 0 Å². The van der Waals surface area contributed by atoms with Crippen molar-refractivity contribution in [3.05, 3.63) is 28.3 Å². The summed E-state index contributed by atoms with van der Waals surface area (Å²) >= 11 is 0. The van der Waals surface area contributed by atoms with Crippen molar-refractivity contribution in [2.75, 3.05) is 13.7 Å². The van der Waals surface area contributed by atoms with Crippen LogP contribution < -0.4 is 10.5 Å². The van der Waals surface area contributed by atoms with E-state index in [-0.39, 0.29) is 5.41 Å². The maximum atomic E-state index is 6.02. The molecule has 2 rings (SSSR count). The first kappa shape index (κ1) is 12.4. The van der Waals surface area contributed by atoms with Crippen molar-refractivity contribution in [2.45, 2.75) is 39.5 Å². The van der Waals surface area contributed by atoms with Gasteiger partial charge in [0.05, 0.1) is 7.11 Å². The van der Waals surface area contributed by atoms with Crippen molar-refractivity contribution in [3.63, 3.8) is 0 Å². The predicted octanol–water partition coefficient (Wildman–Crippen LogP) is 2.86. The highest BCUT2D eigenvalue weighted by Crippen LogP contribution is 2.57. The number of aryl methyl sites for hydroxylation is 2. The van der Waals surface area contributed by atoms with Crippen LogP contribution in [0.4, 0.5) is 0 Å². The largest absolute Gasteiger partial charge is 0.496 e. The number of nitrogens with two attached hydrogens (primary N) is 1. The molecule has 2 unspecified atom stereocenters. The molecule has 1 aromatic carbocycles. The second-order valence-corrected chi connectivity index (χ2v) is 5.51. The number of ether oxygens (including phenoxy) is 1. The SMILES string of the molecule is COc1c(C)c(C)cc(C)c1C1(CN)CC1C. The van der Waals surface area contributed by atoms with Crippen LogP contribution in [-0.4, -0.2) is 13.7 Å². The van der Waals surface area contributed by atoms with E-state index in [9.17, 15) is 0 Å². The standard InChI is InChI=1S/C15H23NO/c1-9-6-10(2)13(14(17-5)12(9)4)15(8-16)7-11(15)3/h6,11H,7-8,16H2,1-5H3. The van der Waals surface area contributed by atoms with Gasteiger partial charge in [-0.1, -0.05) is 13.0 Å².